The molecule has 35 heteroatoms. The van der Waals surface area contributed by atoms with Crippen molar-refractivity contribution < 1.29 is 46.1 Å². The van der Waals surface area contributed by atoms with Gasteiger partial charge in [0.05, 0.1) is 47.6 Å². The van der Waals surface area contributed by atoms with Crippen LogP contribution in [0.15, 0.2) is 122 Å². The Hall–Kier alpha value is -14.1. The third-order valence-corrected chi connectivity index (χ3v) is 26.2. The molecule has 0 bridgehead atoms. The number of piperidine rings is 2. The number of amides is 3. The zero-order valence-corrected chi connectivity index (χ0v) is 72.5. The number of nitrogens with one attached hydrogen (secondary N) is 7. The number of benzene rings is 4. The Morgan fingerprint density at radius 1 is 0.465 bits per heavy atom. The van der Waals surface area contributed by atoms with Gasteiger partial charge in [0.15, 0.2) is 0 Å². The minimum Gasteiger partial charge on any atom is -0.423 e. The van der Waals surface area contributed by atoms with Crippen LogP contribution in [0.5, 0.6) is 47.0 Å². The van der Waals surface area contributed by atoms with Crippen LogP contribution >= 0.6 is 0 Å². The number of fused-ring (bicyclic) bond motifs is 13. The first-order chi connectivity index (χ1) is 62.4. The molecule has 6 aliphatic carbocycles. The highest BCUT2D eigenvalue weighted by atomic mass is 19.1. The topological polar surface area (TPSA) is 398 Å². The van der Waals surface area contributed by atoms with Crippen molar-refractivity contribution in [3.05, 3.63) is 213 Å². The smallest absolute Gasteiger partial charge is 0.324 e. The fraction of sp³-hybridized carbons (Fsp3) is 0.340. The number of carbonyl (C=O) groups is 2. The van der Waals surface area contributed by atoms with Gasteiger partial charge in [-0.05, 0) is 232 Å². The van der Waals surface area contributed by atoms with Gasteiger partial charge in [-0.25, -0.2) is 22.4 Å². The molecule has 22 rings (SSSR count). The van der Waals surface area contributed by atoms with Crippen molar-refractivity contribution in [3.63, 3.8) is 0 Å². The van der Waals surface area contributed by atoms with E-state index in [-0.39, 0.29) is 58.7 Å². The monoisotopic (exact) mass is 1750 g/mol. The summed E-state index contributed by atoms with van der Waals surface area (Å²) in [6, 6.07) is 27.8. The lowest BCUT2D eigenvalue weighted by Gasteiger charge is -2.60. The van der Waals surface area contributed by atoms with Crippen LogP contribution in [-0.4, -0.2) is 170 Å². The molecule has 31 nitrogen and oxygen atoms in total. The Balaban J connectivity index is 0.000000112. The van der Waals surface area contributed by atoms with Crippen molar-refractivity contribution in [2.24, 2.45) is 40.4 Å². The Labute approximate surface area is 741 Å². The molecule has 129 heavy (non-hydrogen) atoms. The summed E-state index contributed by atoms with van der Waals surface area (Å²) >= 11 is 0. The van der Waals surface area contributed by atoms with Crippen molar-refractivity contribution in [3.8, 4) is 91.5 Å². The summed E-state index contributed by atoms with van der Waals surface area (Å²) in [5, 5.41) is 20.8. The minimum atomic E-state index is -0.917. The SMILES string of the molecule is CNc1cc(F)cc2c1Cc1nc(Oc3ccc(C)nc3)nc(N3CC4(CCC4N)C3)c1-2.CNc1cc(F)cc2c1Cc1nc(Oc3ccc(C)nc3)nc(N3CC4C(CN)C4C3)c1-2.CNc1cc(F)cc2c1Cc1nc(Oc3ccc(C)nc3)nc(N3CCC4(CC3)NC(=O)NC4=O)c1-2.CNc1cc(F)cc2c1Cc1nc(Oc3ccc(C)nc3)nc(NCCCN)c1-2. The number of rotatable bonds is 20. The molecule has 12 heterocycles. The van der Waals surface area contributed by atoms with E-state index in [1.807, 2.05) is 82.1 Å². The second-order valence-electron chi connectivity index (χ2n) is 34.2. The van der Waals surface area contributed by atoms with E-state index in [1.165, 1.54) is 36.4 Å². The van der Waals surface area contributed by atoms with Crippen molar-refractivity contribution in [1.29, 1.82) is 0 Å². The third kappa shape index (κ3) is 16.3. The number of aromatic nitrogens is 12. The van der Waals surface area contributed by atoms with Gasteiger partial charge in [-0.2, -0.15) is 39.9 Å². The average Bonchev–Trinajstić information content (AvgIpc) is 1.12. The van der Waals surface area contributed by atoms with E-state index in [0.717, 1.165) is 193 Å². The lowest BCUT2D eigenvalue weighted by molar-refractivity contribution is -0.124. The van der Waals surface area contributed by atoms with Gasteiger partial charge in [0, 0.05) is 179 Å². The molecular formula is C94H97F4N25O6. The van der Waals surface area contributed by atoms with Crippen LogP contribution < -0.4 is 88.1 Å². The molecule has 2 spiro atoms. The molecule has 3 unspecified atom stereocenters. The maximum absolute atomic E-state index is 14.5. The highest BCUT2D eigenvalue weighted by Crippen LogP contribution is 2.57. The number of imide groups is 1. The minimum absolute atomic E-state index is 0.167. The number of ether oxygens (including phenoxy) is 4. The van der Waals surface area contributed by atoms with Gasteiger partial charge in [0.1, 0.15) is 75.1 Å². The van der Waals surface area contributed by atoms with E-state index >= 15 is 0 Å². The van der Waals surface area contributed by atoms with Crippen LogP contribution in [0.3, 0.4) is 0 Å². The number of hydrogen-bond donors (Lipinski definition) is 10. The molecule has 6 fully saturated rings. The lowest BCUT2D eigenvalue weighted by Crippen LogP contribution is -2.69. The van der Waals surface area contributed by atoms with E-state index in [2.05, 4.69) is 81.9 Å². The van der Waals surface area contributed by atoms with E-state index in [0.29, 0.717) is 129 Å². The number of pyridine rings is 4. The number of hydrogen-bond acceptors (Lipinski definition) is 29. The van der Waals surface area contributed by atoms with E-state index < -0.39 is 11.6 Å². The van der Waals surface area contributed by atoms with Crippen molar-refractivity contribution >= 4 is 58.0 Å². The quantitative estimate of drug-likeness (QED) is 0.0192. The summed E-state index contributed by atoms with van der Waals surface area (Å²) in [4.78, 5) is 85.5. The Kier molecular flexibility index (Phi) is 22.4. The normalized spacial score (nSPS) is 18.0. The van der Waals surface area contributed by atoms with Gasteiger partial charge in [-0.3, -0.25) is 30.0 Å². The maximum atomic E-state index is 14.5. The van der Waals surface area contributed by atoms with E-state index in [4.69, 9.17) is 61.1 Å². The van der Waals surface area contributed by atoms with Gasteiger partial charge in [-0.1, -0.05) is 0 Å². The second kappa shape index (κ2) is 34.3. The summed E-state index contributed by atoms with van der Waals surface area (Å²) in [7, 11) is 7.16. The van der Waals surface area contributed by atoms with E-state index in [9.17, 15) is 27.2 Å². The number of anilines is 8. The molecule has 4 aromatic carbocycles. The van der Waals surface area contributed by atoms with Crippen molar-refractivity contribution in [2.45, 2.75) is 97.1 Å². The number of urea groups is 1. The summed E-state index contributed by atoms with van der Waals surface area (Å²) in [6.07, 6.45) is 12.7. The molecule has 8 aromatic heterocycles. The fourth-order valence-corrected chi connectivity index (χ4v) is 19.2. The standard InChI is InChI=1S/C25H24FN7O3.2C24H25FN6O.C21H23FN6O/c1-13-3-4-15(12-28-13)36-24-29-19-11-16-17(9-14(26)10-18(16)27-2)20(19)21(30-24)33-7-5-25(6-8-33)22(34)31-23(35)32-25;1-12-3-4-14(9-28-12)32-24-29-21-7-15-16(5-13(25)6-20(15)27-2)22(21)23(30-24)31-10-18-17(8-26)19(18)11-31;1-13-3-4-15(10-28-13)32-23-29-19-9-16-17(7-14(25)8-18(16)27-2)21(19)22(30-23)31-11-24(12-31)6-5-20(24)26;1-12-4-5-14(11-26-12)29-21-27-18-10-15-16(8-13(22)9-17(15)24-2)19(18)20(28-21)25-7-3-6-23/h3-4,9-10,12,27H,5-8,11H2,1-2H3,(H2,31,32,34,35);3-6,9,17-19,27H,7-8,10-11,26H2,1-2H3;3-4,7-8,10,20,27H,5-6,9,11-12,26H2,1-2H3;4-5,8-9,11,24H,3,6-7,10,23H2,1-2H3,(H,25,27,28). The predicted molar refractivity (Wildman–Crippen MR) is 482 cm³/mol. The highest BCUT2D eigenvalue weighted by Gasteiger charge is 2.57. The summed E-state index contributed by atoms with van der Waals surface area (Å²) in [5.74, 6) is 5.38. The fourth-order valence-electron chi connectivity index (χ4n) is 19.2. The van der Waals surface area contributed by atoms with Gasteiger partial charge >= 0.3 is 30.1 Å². The first kappa shape index (κ1) is 84.4. The zero-order chi connectivity index (χ0) is 89.4. The molecule has 2 saturated carbocycles. The highest BCUT2D eigenvalue weighted by molar-refractivity contribution is 6.07. The number of carbonyl (C=O) groups excluding carboxylic acids is 2. The average molecular weight is 1750 g/mol. The van der Waals surface area contributed by atoms with Crippen LogP contribution in [0.2, 0.25) is 0 Å². The first-order valence-electron chi connectivity index (χ1n) is 43.3. The molecule has 13 N–H and O–H groups in total. The second-order valence-corrected chi connectivity index (χ2v) is 34.2. The van der Waals surface area contributed by atoms with Crippen molar-refractivity contribution in [1.82, 2.24) is 70.4 Å². The molecule has 662 valence electrons. The summed E-state index contributed by atoms with van der Waals surface area (Å²) < 4.78 is 81.4. The summed E-state index contributed by atoms with van der Waals surface area (Å²) in [5.41, 5.74) is 37.5. The van der Waals surface area contributed by atoms with Crippen LogP contribution in [-0.2, 0) is 30.5 Å². The zero-order valence-electron chi connectivity index (χ0n) is 72.5. The Morgan fingerprint density at radius 2 is 0.829 bits per heavy atom. The van der Waals surface area contributed by atoms with Crippen LogP contribution in [0.25, 0.3) is 44.5 Å². The van der Waals surface area contributed by atoms with Crippen LogP contribution in [0.4, 0.5) is 68.4 Å². The number of aryl methyl sites for hydroxylation is 4. The molecule has 4 aliphatic heterocycles. The molecule has 10 aliphatic rings. The van der Waals surface area contributed by atoms with Crippen LogP contribution in [0.1, 0.15) is 99.9 Å². The largest absolute Gasteiger partial charge is 0.423 e. The van der Waals surface area contributed by atoms with Crippen LogP contribution in [0, 0.1) is 74.1 Å². The number of halogens is 4. The molecular weight excluding hydrogens is 1650 g/mol. The summed E-state index contributed by atoms with van der Waals surface area (Å²) in [6.45, 7) is 14.0. The maximum Gasteiger partial charge on any atom is 0.324 e. The molecule has 12 aromatic rings. The molecule has 4 saturated heterocycles. The van der Waals surface area contributed by atoms with Gasteiger partial charge in [-0.15, -0.1) is 0 Å². The van der Waals surface area contributed by atoms with E-state index in [1.54, 1.807) is 64.1 Å². The van der Waals surface area contributed by atoms with Gasteiger partial charge in [0.25, 0.3) is 5.91 Å². The third-order valence-electron chi connectivity index (χ3n) is 26.2. The molecule has 3 amide bonds. The predicted octanol–water partition coefficient (Wildman–Crippen LogP) is 13.4. The Bertz CT molecular complexity index is 6390. The molecule has 0 radical (unpaired) electrons. The molecule has 3 atom stereocenters. The van der Waals surface area contributed by atoms with Gasteiger partial charge < -0.3 is 82.7 Å². The van der Waals surface area contributed by atoms with Gasteiger partial charge in [0.2, 0.25) is 0 Å². The number of nitrogens with two attached hydrogens (primary N) is 3. The lowest BCUT2D eigenvalue weighted by atomic mass is 9.60. The first-order valence-corrected chi connectivity index (χ1v) is 43.3. The van der Waals surface area contributed by atoms with Crippen molar-refractivity contribution in [2.75, 3.05) is 128 Å². The number of nitrogens with zero attached hydrogens (tertiary/aromatic N) is 15. The Morgan fingerprint density at radius 3 is 1.16 bits per heavy atom.